The van der Waals surface area contributed by atoms with Crippen LogP contribution in [0.3, 0.4) is 0 Å². The van der Waals surface area contributed by atoms with E-state index in [1.165, 1.54) is 18.3 Å². The summed E-state index contributed by atoms with van der Waals surface area (Å²) in [5, 5.41) is 4.25. The molecule has 1 aromatic heterocycles. The van der Waals surface area contributed by atoms with Crippen LogP contribution in [0.1, 0.15) is 53.4 Å². The number of halogens is 3. The Kier molecular flexibility index (Phi) is 4.59. The van der Waals surface area contributed by atoms with E-state index in [0.717, 1.165) is 25.3 Å². The summed E-state index contributed by atoms with van der Waals surface area (Å²) >= 11 is 0. The van der Waals surface area contributed by atoms with Gasteiger partial charge in [0.15, 0.2) is 17.8 Å². The van der Waals surface area contributed by atoms with E-state index in [9.17, 15) is 18.0 Å². The molecule has 0 N–H and O–H groups in total. The molecule has 1 atom stereocenters. The summed E-state index contributed by atoms with van der Waals surface area (Å²) in [4.78, 5) is 17.0. The minimum absolute atomic E-state index is 0.00356. The average molecular weight is 377 g/mol. The van der Waals surface area contributed by atoms with Gasteiger partial charge in [-0.1, -0.05) is 18.2 Å². The van der Waals surface area contributed by atoms with Crippen molar-refractivity contribution in [1.82, 2.24) is 9.78 Å². The summed E-state index contributed by atoms with van der Waals surface area (Å²) in [6.07, 6.45) is -0.568. The molecule has 3 heterocycles. The lowest BCUT2D eigenvalue weighted by atomic mass is 9.96. The fraction of sp³-hybridized carbons (Fsp3) is 0.421. The number of rotatable bonds is 3. The molecule has 0 bridgehead atoms. The van der Waals surface area contributed by atoms with Gasteiger partial charge in [0.05, 0.1) is 23.7 Å². The molecular formula is C19H18F3N3O2. The molecule has 0 saturated carbocycles. The molecule has 0 aliphatic carbocycles. The number of Topliss-reactive ketones (excluding diaryl/α,β-unsaturated/α-hetero) is 1. The molecule has 2 aliphatic heterocycles. The van der Waals surface area contributed by atoms with Gasteiger partial charge in [0.1, 0.15) is 0 Å². The minimum atomic E-state index is -4.45. The van der Waals surface area contributed by atoms with E-state index in [-0.39, 0.29) is 30.4 Å². The maximum Gasteiger partial charge on any atom is 0.416 e. The van der Waals surface area contributed by atoms with E-state index in [4.69, 9.17) is 4.74 Å². The predicted molar refractivity (Wildman–Crippen MR) is 92.3 cm³/mol. The first-order valence-electron chi connectivity index (χ1n) is 8.87. The molecule has 8 heteroatoms. The highest BCUT2D eigenvalue weighted by Gasteiger charge is 2.34. The number of fused-ring (bicyclic) bond motifs is 1. The summed E-state index contributed by atoms with van der Waals surface area (Å²) < 4.78 is 47.0. The predicted octanol–water partition coefficient (Wildman–Crippen LogP) is 4.50. The van der Waals surface area contributed by atoms with E-state index in [0.29, 0.717) is 23.7 Å². The minimum Gasteiger partial charge on any atom is -0.356 e. The number of alkyl halides is 3. The van der Waals surface area contributed by atoms with Gasteiger partial charge in [-0.2, -0.15) is 18.3 Å². The van der Waals surface area contributed by atoms with Crippen LogP contribution in [0, 0.1) is 0 Å². The molecule has 1 saturated heterocycles. The number of ketones is 1. The standard InChI is InChI=1S/C19H18F3N3O2/c20-19(21,22)15-6-2-1-5-12(15)9-13-10-16(26)14-11-23-25(18(14)24-13)17-7-3-4-8-27-17/h1-2,5-6,11,17H,3-4,7-10H2. The topological polar surface area (TPSA) is 56.5 Å². The molecule has 2 aliphatic rings. The third kappa shape index (κ3) is 3.53. The first kappa shape index (κ1) is 17.9. The Balaban J connectivity index is 1.67. The van der Waals surface area contributed by atoms with E-state index in [1.807, 2.05) is 0 Å². The van der Waals surface area contributed by atoms with Crippen LogP contribution in [0.5, 0.6) is 0 Å². The van der Waals surface area contributed by atoms with Gasteiger partial charge in [-0.15, -0.1) is 0 Å². The highest BCUT2D eigenvalue weighted by atomic mass is 19.4. The quantitative estimate of drug-likeness (QED) is 0.791. The van der Waals surface area contributed by atoms with Crippen molar-refractivity contribution < 1.29 is 22.7 Å². The van der Waals surface area contributed by atoms with E-state index in [1.54, 1.807) is 10.7 Å². The zero-order valence-electron chi connectivity index (χ0n) is 14.5. The molecule has 5 nitrogen and oxygen atoms in total. The largest absolute Gasteiger partial charge is 0.416 e. The fourth-order valence-corrected chi connectivity index (χ4v) is 3.53. The van der Waals surface area contributed by atoms with Gasteiger partial charge in [0.25, 0.3) is 0 Å². The number of nitrogens with zero attached hydrogens (tertiary/aromatic N) is 3. The second-order valence-electron chi connectivity index (χ2n) is 6.76. The number of carbonyl (C=O) groups excluding carboxylic acids is 1. The monoisotopic (exact) mass is 377 g/mol. The lowest BCUT2D eigenvalue weighted by molar-refractivity contribution is -0.138. The van der Waals surface area contributed by atoms with Gasteiger partial charge < -0.3 is 4.74 Å². The van der Waals surface area contributed by atoms with Gasteiger partial charge in [0.2, 0.25) is 0 Å². The van der Waals surface area contributed by atoms with Crippen molar-refractivity contribution in [3.63, 3.8) is 0 Å². The van der Waals surface area contributed by atoms with Crippen LogP contribution in [-0.2, 0) is 17.3 Å². The summed E-state index contributed by atoms with van der Waals surface area (Å²) in [5.41, 5.74) is 0.217. The molecule has 0 spiro atoms. The molecule has 0 amide bonds. The molecule has 2 aromatic rings. The smallest absolute Gasteiger partial charge is 0.356 e. The number of benzene rings is 1. The van der Waals surface area contributed by atoms with Crippen LogP contribution in [0.2, 0.25) is 0 Å². The van der Waals surface area contributed by atoms with Gasteiger partial charge >= 0.3 is 6.18 Å². The van der Waals surface area contributed by atoms with E-state index >= 15 is 0 Å². The second kappa shape index (κ2) is 6.92. The van der Waals surface area contributed by atoms with Crippen molar-refractivity contribution in [2.45, 2.75) is 44.5 Å². The molecular weight excluding hydrogens is 359 g/mol. The summed E-state index contributed by atoms with van der Waals surface area (Å²) in [7, 11) is 0. The Morgan fingerprint density at radius 1 is 1.22 bits per heavy atom. The third-order valence-electron chi connectivity index (χ3n) is 4.84. The molecule has 0 radical (unpaired) electrons. The van der Waals surface area contributed by atoms with E-state index < -0.39 is 11.7 Å². The number of hydrogen-bond donors (Lipinski definition) is 0. The normalized spacial score (nSPS) is 20.3. The molecule has 1 aromatic carbocycles. The van der Waals surface area contributed by atoms with Crippen LogP contribution in [0.25, 0.3) is 0 Å². The van der Waals surface area contributed by atoms with Crippen LogP contribution in [-0.4, -0.2) is 27.9 Å². The van der Waals surface area contributed by atoms with E-state index in [2.05, 4.69) is 10.1 Å². The molecule has 1 fully saturated rings. The molecule has 142 valence electrons. The average Bonchev–Trinajstić information content (AvgIpc) is 3.06. The van der Waals surface area contributed by atoms with Gasteiger partial charge in [-0.25, -0.2) is 9.67 Å². The van der Waals surface area contributed by atoms with Crippen LogP contribution >= 0.6 is 0 Å². The number of aliphatic imine (C=N–C) groups is 1. The van der Waals surface area contributed by atoms with Crippen molar-refractivity contribution in [3.05, 3.63) is 47.2 Å². The van der Waals surface area contributed by atoms with Gasteiger partial charge in [-0.05, 0) is 30.9 Å². The highest BCUT2D eigenvalue weighted by molar-refractivity contribution is 6.15. The van der Waals surface area contributed by atoms with Crippen LogP contribution in [0.4, 0.5) is 19.0 Å². The maximum atomic E-state index is 13.2. The first-order valence-corrected chi connectivity index (χ1v) is 8.87. The summed E-state index contributed by atoms with van der Waals surface area (Å²) in [6, 6.07) is 5.38. The second-order valence-corrected chi connectivity index (χ2v) is 6.76. The Labute approximate surface area is 153 Å². The molecule has 1 unspecified atom stereocenters. The first-order chi connectivity index (χ1) is 12.9. The molecule has 4 rings (SSSR count). The number of carbonyl (C=O) groups is 1. The Bertz CT molecular complexity index is 896. The third-order valence-corrected chi connectivity index (χ3v) is 4.84. The fourth-order valence-electron chi connectivity index (χ4n) is 3.53. The van der Waals surface area contributed by atoms with Crippen molar-refractivity contribution in [2.24, 2.45) is 4.99 Å². The van der Waals surface area contributed by atoms with Crippen LogP contribution in [0.15, 0.2) is 35.5 Å². The molecule has 27 heavy (non-hydrogen) atoms. The lowest BCUT2D eigenvalue weighted by Crippen LogP contribution is -2.21. The zero-order chi connectivity index (χ0) is 19.0. The van der Waals surface area contributed by atoms with Gasteiger partial charge in [0, 0.05) is 18.7 Å². The van der Waals surface area contributed by atoms with Crippen molar-refractivity contribution >= 4 is 17.3 Å². The summed E-state index contributed by atoms with van der Waals surface area (Å²) in [5.74, 6) is 0.208. The van der Waals surface area contributed by atoms with Crippen molar-refractivity contribution in [3.8, 4) is 0 Å². The van der Waals surface area contributed by atoms with Crippen molar-refractivity contribution in [1.29, 1.82) is 0 Å². The number of ether oxygens (including phenoxy) is 1. The summed E-state index contributed by atoms with van der Waals surface area (Å²) in [6.45, 7) is 0.614. The lowest BCUT2D eigenvalue weighted by Gasteiger charge is -2.24. The zero-order valence-corrected chi connectivity index (χ0v) is 14.5. The number of aromatic nitrogens is 2. The van der Waals surface area contributed by atoms with Gasteiger partial charge in [-0.3, -0.25) is 4.79 Å². The highest BCUT2D eigenvalue weighted by Crippen LogP contribution is 2.35. The Hall–Kier alpha value is -2.48. The van der Waals surface area contributed by atoms with Crippen LogP contribution < -0.4 is 0 Å². The van der Waals surface area contributed by atoms with Crippen molar-refractivity contribution in [2.75, 3.05) is 6.61 Å². The Morgan fingerprint density at radius 3 is 2.78 bits per heavy atom. The SMILES string of the molecule is O=C1CC(Cc2ccccc2C(F)(F)F)=Nc2c1cnn2C1CCCCO1. The Morgan fingerprint density at radius 2 is 2.04 bits per heavy atom. The maximum absolute atomic E-state index is 13.2. The number of hydrogen-bond acceptors (Lipinski definition) is 4.